The second-order valence-electron chi connectivity index (χ2n) is 7.20. The van der Waals surface area contributed by atoms with Gasteiger partial charge in [0.25, 0.3) is 11.8 Å². The van der Waals surface area contributed by atoms with Crippen molar-refractivity contribution in [2.45, 2.75) is 24.3 Å². The lowest BCUT2D eigenvalue weighted by atomic mass is 9.94. The number of hydrogen-bond acceptors (Lipinski definition) is 4. The summed E-state index contributed by atoms with van der Waals surface area (Å²) in [5, 5.41) is 4.50. The van der Waals surface area contributed by atoms with Gasteiger partial charge in [-0.15, -0.1) is 11.8 Å². The minimum Gasteiger partial charge on any atom is -0.352 e. The van der Waals surface area contributed by atoms with Gasteiger partial charge in [0.1, 0.15) is 0 Å². The minimum atomic E-state index is -0.293. The van der Waals surface area contributed by atoms with Crippen LogP contribution in [0.1, 0.15) is 39.1 Å². The Hall–Kier alpha value is -3.12. The minimum absolute atomic E-state index is 0.0941. The Kier molecular flexibility index (Phi) is 5.86. The van der Waals surface area contributed by atoms with Crippen LogP contribution in [0.4, 0.5) is 0 Å². The van der Waals surface area contributed by atoms with Crippen LogP contribution in [-0.2, 0) is 11.3 Å². The number of carbonyl (C=O) groups is 3. The van der Waals surface area contributed by atoms with E-state index in [0.717, 1.165) is 16.3 Å². The van der Waals surface area contributed by atoms with Gasteiger partial charge in [0.2, 0.25) is 5.91 Å². The molecule has 0 radical (unpaired) electrons. The van der Waals surface area contributed by atoms with Gasteiger partial charge >= 0.3 is 0 Å². The first-order chi connectivity index (χ1) is 14.6. The number of nitrogens with zero attached hydrogens (tertiary/aromatic N) is 1. The van der Waals surface area contributed by atoms with E-state index in [-0.39, 0.29) is 30.7 Å². The highest BCUT2D eigenvalue weighted by molar-refractivity contribution is 7.98. The Morgan fingerprint density at radius 2 is 1.57 bits per heavy atom. The molecule has 1 aliphatic rings. The monoisotopic (exact) mass is 418 g/mol. The van der Waals surface area contributed by atoms with Gasteiger partial charge in [-0.25, -0.2) is 0 Å². The van der Waals surface area contributed by atoms with Gasteiger partial charge in [0.05, 0.1) is 0 Å². The standard InChI is InChI=1S/C24H22N2O3S/c1-30-18-12-10-16(11-13-18)15-25-21(27)9-4-14-26-23(28)19-7-2-5-17-6-3-8-20(22(17)19)24(26)29/h2-3,5-8,10-13H,4,9,14-15H2,1H3,(H,25,27). The Labute approximate surface area is 179 Å². The molecule has 0 saturated carbocycles. The maximum Gasteiger partial charge on any atom is 0.261 e. The molecule has 0 spiro atoms. The third-order valence-electron chi connectivity index (χ3n) is 5.29. The number of hydrogen-bond donors (Lipinski definition) is 1. The number of benzene rings is 3. The Morgan fingerprint density at radius 1 is 0.933 bits per heavy atom. The average Bonchev–Trinajstić information content (AvgIpc) is 2.78. The van der Waals surface area contributed by atoms with E-state index in [0.29, 0.717) is 24.1 Å². The average molecular weight is 419 g/mol. The van der Waals surface area contributed by atoms with Crippen LogP contribution < -0.4 is 5.32 Å². The molecule has 6 heteroatoms. The number of thioether (sulfide) groups is 1. The number of amides is 3. The second kappa shape index (κ2) is 8.71. The zero-order chi connectivity index (χ0) is 21.1. The van der Waals surface area contributed by atoms with Crippen LogP contribution in [0.15, 0.2) is 65.6 Å². The van der Waals surface area contributed by atoms with E-state index in [1.54, 1.807) is 23.9 Å². The summed E-state index contributed by atoms with van der Waals surface area (Å²) in [5.74, 6) is -0.680. The maximum atomic E-state index is 12.9. The summed E-state index contributed by atoms with van der Waals surface area (Å²) in [7, 11) is 0. The van der Waals surface area contributed by atoms with Crippen molar-refractivity contribution in [2.24, 2.45) is 0 Å². The Balaban J connectivity index is 1.34. The van der Waals surface area contributed by atoms with E-state index in [9.17, 15) is 14.4 Å². The lowest BCUT2D eigenvalue weighted by molar-refractivity contribution is -0.121. The summed E-state index contributed by atoms with van der Waals surface area (Å²) in [6.45, 7) is 0.683. The molecule has 0 aliphatic carbocycles. The van der Waals surface area contributed by atoms with Crippen molar-refractivity contribution in [3.8, 4) is 0 Å². The Bertz CT molecular complexity index is 1070. The van der Waals surface area contributed by atoms with Crippen LogP contribution in [0, 0.1) is 0 Å². The number of imide groups is 1. The molecule has 3 aromatic rings. The predicted molar refractivity (Wildman–Crippen MR) is 119 cm³/mol. The number of carbonyl (C=O) groups excluding carboxylic acids is 3. The van der Waals surface area contributed by atoms with Crippen molar-refractivity contribution in [3.63, 3.8) is 0 Å². The number of nitrogens with one attached hydrogen (secondary N) is 1. The summed E-state index contributed by atoms with van der Waals surface area (Å²) in [5.41, 5.74) is 2.12. The van der Waals surface area contributed by atoms with Crippen LogP contribution in [0.3, 0.4) is 0 Å². The first-order valence-corrected chi connectivity index (χ1v) is 11.1. The number of rotatable bonds is 7. The van der Waals surface area contributed by atoms with Gasteiger partial charge in [-0.2, -0.15) is 0 Å². The van der Waals surface area contributed by atoms with Crippen LogP contribution in [0.25, 0.3) is 10.8 Å². The molecule has 30 heavy (non-hydrogen) atoms. The van der Waals surface area contributed by atoms with E-state index in [2.05, 4.69) is 5.32 Å². The largest absolute Gasteiger partial charge is 0.352 e. The van der Waals surface area contributed by atoms with Gasteiger partial charge in [0, 0.05) is 40.9 Å². The summed E-state index contributed by atoms with van der Waals surface area (Å²) in [6.07, 6.45) is 2.70. The van der Waals surface area contributed by atoms with E-state index >= 15 is 0 Å². The topological polar surface area (TPSA) is 66.5 Å². The van der Waals surface area contributed by atoms with Crippen molar-refractivity contribution in [1.29, 1.82) is 0 Å². The van der Waals surface area contributed by atoms with Crippen LogP contribution >= 0.6 is 11.8 Å². The lowest BCUT2D eigenvalue weighted by Gasteiger charge is -2.27. The Morgan fingerprint density at radius 3 is 2.17 bits per heavy atom. The fraction of sp³-hybridized carbons (Fsp3) is 0.208. The third kappa shape index (κ3) is 3.96. The van der Waals surface area contributed by atoms with Gasteiger partial charge in [-0.05, 0) is 47.9 Å². The van der Waals surface area contributed by atoms with Crippen LogP contribution in [-0.4, -0.2) is 35.4 Å². The molecule has 0 fully saturated rings. The SMILES string of the molecule is CSc1ccc(CNC(=O)CCCN2C(=O)c3cccc4cccc(c34)C2=O)cc1. The molecule has 0 saturated heterocycles. The summed E-state index contributed by atoms with van der Waals surface area (Å²) in [4.78, 5) is 40.3. The molecule has 152 valence electrons. The highest BCUT2D eigenvalue weighted by Crippen LogP contribution is 2.30. The molecular weight excluding hydrogens is 396 g/mol. The highest BCUT2D eigenvalue weighted by atomic mass is 32.2. The molecule has 0 unspecified atom stereocenters. The zero-order valence-electron chi connectivity index (χ0n) is 16.7. The van der Waals surface area contributed by atoms with E-state index < -0.39 is 0 Å². The molecule has 1 heterocycles. The van der Waals surface area contributed by atoms with Crippen molar-refractivity contribution in [2.75, 3.05) is 12.8 Å². The van der Waals surface area contributed by atoms with E-state index in [1.165, 1.54) is 9.80 Å². The molecule has 5 nitrogen and oxygen atoms in total. The predicted octanol–water partition coefficient (Wildman–Crippen LogP) is 4.25. The highest BCUT2D eigenvalue weighted by Gasteiger charge is 2.32. The van der Waals surface area contributed by atoms with Crippen LogP contribution in [0.2, 0.25) is 0 Å². The van der Waals surface area contributed by atoms with Crippen molar-refractivity contribution < 1.29 is 14.4 Å². The van der Waals surface area contributed by atoms with Crippen molar-refractivity contribution in [3.05, 3.63) is 77.4 Å². The maximum absolute atomic E-state index is 12.9. The first kappa shape index (κ1) is 20.2. The van der Waals surface area contributed by atoms with Crippen molar-refractivity contribution in [1.82, 2.24) is 10.2 Å². The first-order valence-electron chi connectivity index (χ1n) is 9.86. The molecule has 0 bridgehead atoms. The molecule has 0 atom stereocenters. The summed E-state index contributed by atoms with van der Waals surface area (Å²) in [6, 6.07) is 19.0. The fourth-order valence-corrected chi connectivity index (χ4v) is 4.12. The van der Waals surface area contributed by atoms with E-state index in [4.69, 9.17) is 0 Å². The summed E-state index contributed by atoms with van der Waals surface area (Å²) < 4.78 is 0. The molecular formula is C24H22N2O3S. The molecule has 1 N–H and O–H groups in total. The van der Waals surface area contributed by atoms with E-state index in [1.807, 2.05) is 54.8 Å². The molecule has 0 aromatic heterocycles. The smallest absolute Gasteiger partial charge is 0.261 e. The molecule has 4 rings (SSSR count). The third-order valence-corrected chi connectivity index (χ3v) is 6.03. The van der Waals surface area contributed by atoms with Gasteiger partial charge in [-0.1, -0.05) is 36.4 Å². The lowest BCUT2D eigenvalue weighted by Crippen LogP contribution is -2.41. The molecule has 1 aliphatic heterocycles. The molecule has 3 aromatic carbocycles. The van der Waals surface area contributed by atoms with Gasteiger partial charge < -0.3 is 5.32 Å². The zero-order valence-corrected chi connectivity index (χ0v) is 17.5. The quantitative estimate of drug-likeness (QED) is 0.460. The van der Waals surface area contributed by atoms with Crippen LogP contribution in [0.5, 0.6) is 0 Å². The van der Waals surface area contributed by atoms with Gasteiger partial charge in [0.15, 0.2) is 0 Å². The second-order valence-corrected chi connectivity index (χ2v) is 8.08. The normalized spacial score (nSPS) is 13.0. The molecule has 3 amide bonds. The van der Waals surface area contributed by atoms with Crippen molar-refractivity contribution >= 4 is 40.3 Å². The van der Waals surface area contributed by atoms with Gasteiger partial charge in [-0.3, -0.25) is 19.3 Å². The summed E-state index contributed by atoms with van der Waals surface area (Å²) >= 11 is 1.67. The fourth-order valence-electron chi connectivity index (χ4n) is 3.71.